The molecule has 0 atom stereocenters. The number of benzene rings is 2. The van der Waals surface area contributed by atoms with Crippen molar-refractivity contribution in [3.05, 3.63) is 53.6 Å². The molecule has 1 amide bonds. The topological polar surface area (TPSA) is 98.8 Å². The number of rotatable bonds is 8. The maximum Gasteiger partial charge on any atom is 0.344 e. The van der Waals surface area contributed by atoms with Gasteiger partial charge in [-0.3, -0.25) is 4.79 Å². The summed E-state index contributed by atoms with van der Waals surface area (Å²) < 4.78 is 34.0. The molecule has 0 radical (unpaired) electrons. The summed E-state index contributed by atoms with van der Waals surface area (Å²) >= 11 is 0. The van der Waals surface area contributed by atoms with E-state index < -0.39 is 28.3 Å². The van der Waals surface area contributed by atoms with E-state index in [4.69, 9.17) is 9.47 Å². The number of sulfone groups is 1. The van der Waals surface area contributed by atoms with Crippen LogP contribution in [0.1, 0.15) is 30.9 Å². The van der Waals surface area contributed by atoms with E-state index in [-0.39, 0.29) is 23.1 Å². The molecule has 2 aromatic carbocycles. The fourth-order valence-electron chi connectivity index (χ4n) is 2.65. The van der Waals surface area contributed by atoms with Crippen LogP contribution in [0.15, 0.2) is 47.4 Å². The highest BCUT2D eigenvalue weighted by Gasteiger charge is 2.16. The summed E-state index contributed by atoms with van der Waals surface area (Å²) in [5.74, 6) is -0.522. The molecule has 0 aliphatic heterocycles. The monoisotopic (exact) mass is 419 g/mol. The van der Waals surface area contributed by atoms with Gasteiger partial charge in [-0.1, -0.05) is 38.1 Å². The molecule has 0 fully saturated rings. The Morgan fingerprint density at radius 2 is 1.76 bits per heavy atom. The number of amides is 1. The maximum atomic E-state index is 12.0. The number of para-hydroxylation sites is 1. The third kappa shape index (κ3) is 6.60. The summed E-state index contributed by atoms with van der Waals surface area (Å²) in [5, 5.41) is 2.44. The lowest BCUT2D eigenvalue weighted by atomic mass is 10.0. The van der Waals surface area contributed by atoms with E-state index in [2.05, 4.69) is 5.32 Å². The third-order valence-corrected chi connectivity index (χ3v) is 5.22. The minimum absolute atomic E-state index is 0.0105. The van der Waals surface area contributed by atoms with Crippen LogP contribution in [0.3, 0.4) is 0 Å². The Morgan fingerprint density at radius 3 is 2.41 bits per heavy atom. The first-order chi connectivity index (χ1) is 13.6. The molecule has 0 unspecified atom stereocenters. The molecule has 0 spiro atoms. The van der Waals surface area contributed by atoms with Crippen molar-refractivity contribution in [1.29, 1.82) is 0 Å². The van der Waals surface area contributed by atoms with E-state index in [0.717, 1.165) is 17.4 Å². The summed E-state index contributed by atoms with van der Waals surface area (Å²) in [5.41, 5.74) is 2.11. The molecule has 29 heavy (non-hydrogen) atoms. The van der Waals surface area contributed by atoms with Crippen molar-refractivity contribution in [2.24, 2.45) is 0 Å². The number of hydrogen-bond acceptors (Lipinski definition) is 6. The van der Waals surface area contributed by atoms with Crippen LogP contribution in [0.4, 0.5) is 5.69 Å². The lowest BCUT2D eigenvalue weighted by Crippen LogP contribution is -2.24. The number of aryl methyl sites for hydroxylation is 1. The second-order valence-corrected chi connectivity index (χ2v) is 8.95. The molecule has 0 aliphatic rings. The van der Waals surface area contributed by atoms with Gasteiger partial charge in [-0.05, 0) is 42.2 Å². The van der Waals surface area contributed by atoms with Gasteiger partial charge >= 0.3 is 5.97 Å². The van der Waals surface area contributed by atoms with E-state index >= 15 is 0 Å². The molecule has 0 saturated heterocycles. The minimum Gasteiger partial charge on any atom is -0.482 e. The number of hydrogen-bond donors (Lipinski definition) is 1. The van der Waals surface area contributed by atoms with Crippen LogP contribution in [0.2, 0.25) is 0 Å². The van der Waals surface area contributed by atoms with Gasteiger partial charge in [0.15, 0.2) is 23.1 Å². The Bertz CT molecular complexity index is 998. The summed E-state index contributed by atoms with van der Waals surface area (Å²) in [6, 6.07) is 11.8. The molecule has 0 aromatic heterocycles. The first kappa shape index (κ1) is 22.4. The van der Waals surface area contributed by atoms with Crippen molar-refractivity contribution in [1.82, 2.24) is 0 Å². The van der Waals surface area contributed by atoms with Crippen LogP contribution in [0.25, 0.3) is 0 Å². The second kappa shape index (κ2) is 9.56. The van der Waals surface area contributed by atoms with Crippen LogP contribution in [-0.4, -0.2) is 39.8 Å². The van der Waals surface area contributed by atoms with Gasteiger partial charge in [-0.15, -0.1) is 0 Å². The van der Waals surface area contributed by atoms with Crippen LogP contribution in [0, 0.1) is 6.92 Å². The quantitative estimate of drug-likeness (QED) is 0.660. The standard InChI is InChI=1S/C21H25NO6S/c1-14(2)16-10-9-15(3)11-18(16)27-13-21(24)28-12-20(23)22-17-7-5-6-8-19(17)29(4,25)26/h5-11,14H,12-13H2,1-4H3,(H,22,23). The average molecular weight is 419 g/mol. The molecular weight excluding hydrogens is 394 g/mol. The number of anilines is 1. The van der Waals surface area contributed by atoms with Crippen molar-refractivity contribution in [3.63, 3.8) is 0 Å². The average Bonchev–Trinajstić information content (AvgIpc) is 2.64. The number of esters is 1. The smallest absolute Gasteiger partial charge is 0.344 e. The minimum atomic E-state index is -3.51. The molecule has 0 saturated carbocycles. The van der Waals surface area contributed by atoms with Crippen molar-refractivity contribution < 1.29 is 27.5 Å². The first-order valence-corrected chi connectivity index (χ1v) is 10.9. The first-order valence-electron chi connectivity index (χ1n) is 9.06. The SMILES string of the molecule is Cc1ccc(C(C)C)c(OCC(=O)OCC(=O)Nc2ccccc2S(C)(=O)=O)c1. The van der Waals surface area contributed by atoms with E-state index in [9.17, 15) is 18.0 Å². The predicted octanol–water partition coefficient (Wildman–Crippen LogP) is 3.08. The van der Waals surface area contributed by atoms with Gasteiger partial charge in [-0.2, -0.15) is 0 Å². The Labute approximate surface area is 170 Å². The lowest BCUT2D eigenvalue weighted by molar-refractivity contribution is -0.149. The maximum absolute atomic E-state index is 12.0. The summed E-state index contributed by atoms with van der Waals surface area (Å²) in [4.78, 5) is 24.0. The van der Waals surface area contributed by atoms with Gasteiger partial charge < -0.3 is 14.8 Å². The third-order valence-electron chi connectivity index (χ3n) is 4.06. The highest BCUT2D eigenvalue weighted by molar-refractivity contribution is 7.90. The zero-order valence-electron chi connectivity index (χ0n) is 16.9. The Balaban J connectivity index is 1.91. The van der Waals surface area contributed by atoms with Gasteiger partial charge in [0.05, 0.1) is 10.6 Å². The van der Waals surface area contributed by atoms with E-state index in [1.54, 1.807) is 12.1 Å². The van der Waals surface area contributed by atoms with Gasteiger partial charge in [0.1, 0.15) is 5.75 Å². The summed E-state index contributed by atoms with van der Waals surface area (Å²) in [6.45, 7) is 5.08. The van der Waals surface area contributed by atoms with E-state index in [1.165, 1.54) is 12.1 Å². The fraction of sp³-hybridized carbons (Fsp3) is 0.333. The predicted molar refractivity (Wildman–Crippen MR) is 110 cm³/mol. The van der Waals surface area contributed by atoms with E-state index in [0.29, 0.717) is 5.75 Å². The van der Waals surface area contributed by atoms with Gasteiger partial charge in [-0.25, -0.2) is 13.2 Å². The summed E-state index contributed by atoms with van der Waals surface area (Å²) in [7, 11) is -3.51. The van der Waals surface area contributed by atoms with Crippen LogP contribution in [0.5, 0.6) is 5.75 Å². The Morgan fingerprint density at radius 1 is 1.07 bits per heavy atom. The zero-order chi connectivity index (χ0) is 21.6. The zero-order valence-corrected chi connectivity index (χ0v) is 17.7. The summed E-state index contributed by atoms with van der Waals surface area (Å²) in [6.07, 6.45) is 1.05. The Kier molecular flexibility index (Phi) is 7.39. The van der Waals surface area contributed by atoms with Crippen LogP contribution < -0.4 is 10.1 Å². The van der Waals surface area contributed by atoms with Gasteiger partial charge in [0.25, 0.3) is 5.91 Å². The molecule has 156 valence electrons. The van der Waals surface area contributed by atoms with E-state index in [1.807, 2.05) is 39.0 Å². The molecule has 0 aliphatic carbocycles. The van der Waals surface area contributed by atoms with Crippen molar-refractivity contribution in [2.45, 2.75) is 31.6 Å². The number of carbonyl (C=O) groups is 2. The number of carbonyl (C=O) groups excluding carboxylic acids is 2. The number of ether oxygens (including phenoxy) is 2. The van der Waals surface area contributed by atoms with Crippen LogP contribution >= 0.6 is 0 Å². The normalized spacial score (nSPS) is 11.2. The molecule has 2 rings (SSSR count). The highest BCUT2D eigenvalue weighted by Crippen LogP contribution is 2.27. The molecule has 7 nitrogen and oxygen atoms in total. The fourth-order valence-corrected chi connectivity index (χ4v) is 3.49. The molecule has 1 N–H and O–H groups in total. The van der Waals surface area contributed by atoms with Crippen molar-refractivity contribution in [3.8, 4) is 5.75 Å². The van der Waals surface area contributed by atoms with Crippen LogP contribution in [-0.2, 0) is 24.2 Å². The van der Waals surface area contributed by atoms with Crippen molar-refractivity contribution in [2.75, 3.05) is 24.8 Å². The lowest BCUT2D eigenvalue weighted by Gasteiger charge is -2.14. The Hall–Kier alpha value is -2.87. The van der Waals surface area contributed by atoms with Gasteiger partial charge in [0, 0.05) is 6.26 Å². The van der Waals surface area contributed by atoms with Crippen molar-refractivity contribution >= 4 is 27.4 Å². The second-order valence-electron chi connectivity index (χ2n) is 6.96. The largest absolute Gasteiger partial charge is 0.482 e. The van der Waals surface area contributed by atoms with Gasteiger partial charge in [0.2, 0.25) is 0 Å². The molecule has 0 heterocycles. The molecular formula is C21H25NO6S. The molecule has 0 bridgehead atoms. The molecule has 8 heteroatoms. The molecule has 2 aromatic rings. The number of nitrogens with one attached hydrogen (secondary N) is 1. The highest BCUT2D eigenvalue weighted by atomic mass is 32.2.